The van der Waals surface area contributed by atoms with Crippen LogP contribution in [0.25, 0.3) is 10.9 Å². The topological polar surface area (TPSA) is 72.5 Å². The summed E-state index contributed by atoms with van der Waals surface area (Å²) in [5.41, 5.74) is 2.50. The van der Waals surface area contributed by atoms with E-state index in [1.807, 2.05) is 26.0 Å². The van der Waals surface area contributed by atoms with Gasteiger partial charge in [0.25, 0.3) is 11.8 Å². The van der Waals surface area contributed by atoms with E-state index in [4.69, 9.17) is 0 Å². The normalized spacial score (nSPS) is 18.4. The van der Waals surface area contributed by atoms with Crippen LogP contribution in [-0.4, -0.2) is 64.2 Å². The molecule has 1 aromatic heterocycles. The second-order valence-corrected chi connectivity index (χ2v) is 7.87. The van der Waals surface area contributed by atoms with Crippen LogP contribution >= 0.6 is 0 Å². The number of aryl methyl sites for hydroxylation is 1. The molecule has 7 nitrogen and oxygen atoms in total. The van der Waals surface area contributed by atoms with Gasteiger partial charge in [-0.05, 0) is 43.7 Å². The summed E-state index contributed by atoms with van der Waals surface area (Å²) in [6, 6.07) is 10.0. The molecule has 2 aliphatic heterocycles. The highest BCUT2D eigenvalue weighted by Crippen LogP contribution is 2.30. The van der Waals surface area contributed by atoms with Crippen LogP contribution in [0.5, 0.6) is 0 Å². The first kappa shape index (κ1) is 18.7. The number of aromatic amines is 1. The lowest BCUT2D eigenvalue weighted by Gasteiger charge is -2.40. The van der Waals surface area contributed by atoms with Crippen molar-refractivity contribution in [3.63, 3.8) is 0 Å². The molecule has 2 aromatic carbocycles. The monoisotopic (exact) mass is 407 g/mol. The standard InChI is InChI=1S/C22H22FN5O2/c1-13-4-3-5-17-19(13)22(30)28(21(17)29)14(2)26-8-10-27(11-9-26)20-16-7-6-15(23)12-18(16)24-25-20/h3-7,12,14H,8-11H2,1-2H3,(H,24,25). The van der Waals surface area contributed by atoms with Gasteiger partial charge in [-0.2, -0.15) is 5.10 Å². The fourth-order valence-corrected chi connectivity index (χ4v) is 4.50. The minimum atomic E-state index is -0.330. The van der Waals surface area contributed by atoms with E-state index in [0.29, 0.717) is 42.8 Å². The molecule has 0 spiro atoms. The van der Waals surface area contributed by atoms with Gasteiger partial charge in [-0.1, -0.05) is 12.1 Å². The lowest BCUT2D eigenvalue weighted by Crippen LogP contribution is -2.56. The first-order chi connectivity index (χ1) is 14.5. The molecule has 1 N–H and O–H groups in total. The Morgan fingerprint density at radius 2 is 1.83 bits per heavy atom. The number of amides is 2. The van der Waals surface area contributed by atoms with Crippen LogP contribution in [0.15, 0.2) is 36.4 Å². The van der Waals surface area contributed by atoms with E-state index in [-0.39, 0.29) is 23.8 Å². The van der Waals surface area contributed by atoms with Gasteiger partial charge in [-0.25, -0.2) is 4.39 Å². The highest BCUT2D eigenvalue weighted by Gasteiger charge is 2.41. The van der Waals surface area contributed by atoms with Gasteiger partial charge < -0.3 is 4.90 Å². The van der Waals surface area contributed by atoms with Crippen LogP contribution in [0, 0.1) is 12.7 Å². The Hall–Kier alpha value is -3.26. The summed E-state index contributed by atoms with van der Waals surface area (Å²) in [6.45, 7) is 6.52. The number of nitrogens with one attached hydrogen (secondary N) is 1. The molecular formula is C22H22FN5O2. The number of fused-ring (bicyclic) bond motifs is 2. The molecular weight excluding hydrogens is 385 g/mol. The average Bonchev–Trinajstić information content (AvgIpc) is 3.27. The quantitative estimate of drug-likeness (QED) is 0.676. The molecule has 3 heterocycles. The largest absolute Gasteiger partial charge is 0.352 e. The minimum absolute atomic E-state index is 0.219. The summed E-state index contributed by atoms with van der Waals surface area (Å²) < 4.78 is 13.4. The summed E-state index contributed by atoms with van der Waals surface area (Å²) in [7, 11) is 0. The van der Waals surface area contributed by atoms with Gasteiger partial charge in [-0.3, -0.25) is 24.5 Å². The van der Waals surface area contributed by atoms with Gasteiger partial charge in [0.1, 0.15) is 5.82 Å². The van der Waals surface area contributed by atoms with Crippen molar-refractivity contribution in [2.75, 3.05) is 31.1 Å². The molecule has 1 fully saturated rings. The fraction of sp³-hybridized carbons (Fsp3) is 0.318. The zero-order chi connectivity index (χ0) is 21.0. The first-order valence-corrected chi connectivity index (χ1v) is 10.1. The van der Waals surface area contributed by atoms with Crippen LogP contribution in [0.2, 0.25) is 0 Å². The van der Waals surface area contributed by atoms with E-state index in [0.717, 1.165) is 16.8 Å². The number of anilines is 1. The number of nitrogens with zero attached hydrogens (tertiary/aromatic N) is 4. The van der Waals surface area contributed by atoms with Crippen molar-refractivity contribution in [3.05, 3.63) is 58.9 Å². The average molecular weight is 407 g/mol. The first-order valence-electron chi connectivity index (χ1n) is 10.1. The Kier molecular flexibility index (Phi) is 4.32. The number of piperazine rings is 1. The summed E-state index contributed by atoms with van der Waals surface area (Å²) in [5, 5.41) is 8.14. The maximum absolute atomic E-state index is 13.4. The maximum atomic E-state index is 13.4. The van der Waals surface area contributed by atoms with Crippen LogP contribution < -0.4 is 4.90 Å². The number of halogens is 1. The number of hydrogen-bond acceptors (Lipinski definition) is 5. The number of hydrogen-bond donors (Lipinski definition) is 1. The zero-order valence-corrected chi connectivity index (χ0v) is 16.9. The van der Waals surface area contributed by atoms with Gasteiger partial charge in [0.2, 0.25) is 0 Å². The molecule has 1 atom stereocenters. The van der Waals surface area contributed by atoms with Crippen LogP contribution in [0.4, 0.5) is 10.2 Å². The molecule has 0 radical (unpaired) electrons. The van der Waals surface area contributed by atoms with Crippen molar-refractivity contribution in [2.24, 2.45) is 0 Å². The predicted molar refractivity (Wildman–Crippen MR) is 111 cm³/mol. The Morgan fingerprint density at radius 3 is 2.57 bits per heavy atom. The molecule has 1 unspecified atom stereocenters. The van der Waals surface area contributed by atoms with Crippen molar-refractivity contribution in [2.45, 2.75) is 20.0 Å². The molecule has 0 aliphatic carbocycles. The molecule has 5 rings (SSSR count). The van der Waals surface area contributed by atoms with Gasteiger partial charge >= 0.3 is 0 Å². The molecule has 2 aliphatic rings. The van der Waals surface area contributed by atoms with Crippen molar-refractivity contribution in [1.29, 1.82) is 0 Å². The van der Waals surface area contributed by atoms with E-state index in [9.17, 15) is 14.0 Å². The zero-order valence-electron chi connectivity index (χ0n) is 16.9. The molecule has 1 saturated heterocycles. The van der Waals surface area contributed by atoms with E-state index >= 15 is 0 Å². The lowest BCUT2D eigenvalue weighted by atomic mass is 10.0. The summed E-state index contributed by atoms with van der Waals surface area (Å²) in [4.78, 5) is 31.5. The number of H-pyrrole nitrogens is 1. The highest BCUT2D eigenvalue weighted by atomic mass is 19.1. The Labute approximate surface area is 173 Å². The Balaban J connectivity index is 1.32. The Bertz CT molecular complexity index is 1170. The molecule has 0 saturated carbocycles. The second-order valence-electron chi connectivity index (χ2n) is 7.87. The fourth-order valence-electron chi connectivity index (χ4n) is 4.50. The second kappa shape index (κ2) is 6.91. The smallest absolute Gasteiger partial charge is 0.263 e. The minimum Gasteiger partial charge on any atom is -0.352 e. The maximum Gasteiger partial charge on any atom is 0.263 e. The Morgan fingerprint density at radius 1 is 1.07 bits per heavy atom. The number of carbonyl (C=O) groups excluding carboxylic acids is 2. The molecule has 2 amide bonds. The van der Waals surface area contributed by atoms with Crippen molar-refractivity contribution in [1.82, 2.24) is 20.0 Å². The SMILES string of the molecule is Cc1cccc2c1C(=O)N(C(C)N1CCN(c3n[nH]c4cc(F)ccc34)CC1)C2=O. The van der Waals surface area contributed by atoms with E-state index in [1.165, 1.54) is 17.0 Å². The number of aromatic nitrogens is 2. The van der Waals surface area contributed by atoms with E-state index < -0.39 is 0 Å². The highest BCUT2D eigenvalue weighted by molar-refractivity contribution is 6.22. The van der Waals surface area contributed by atoms with Gasteiger partial charge in [0, 0.05) is 31.6 Å². The molecule has 3 aromatic rings. The molecule has 0 bridgehead atoms. The lowest BCUT2D eigenvalue weighted by molar-refractivity contribution is 0.0339. The number of rotatable bonds is 3. The third-order valence-electron chi connectivity index (χ3n) is 6.18. The van der Waals surface area contributed by atoms with Gasteiger partial charge in [-0.15, -0.1) is 0 Å². The number of benzene rings is 2. The number of imide groups is 1. The van der Waals surface area contributed by atoms with E-state index in [2.05, 4.69) is 20.0 Å². The summed E-state index contributed by atoms with van der Waals surface area (Å²) in [5.74, 6) is 0.0542. The predicted octanol–water partition coefficient (Wildman–Crippen LogP) is 2.77. The van der Waals surface area contributed by atoms with Crippen molar-refractivity contribution >= 4 is 28.5 Å². The molecule has 8 heteroatoms. The number of carbonyl (C=O) groups is 2. The van der Waals surface area contributed by atoms with Gasteiger partial charge in [0.15, 0.2) is 5.82 Å². The van der Waals surface area contributed by atoms with Crippen LogP contribution in [0.3, 0.4) is 0 Å². The third kappa shape index (κ3) is 2.79. The third-order valence-corrected chi connectivity index (χ3v) is 6.18. The summed E-state index contributed by atoms with van der Waals surface area (Å²) >= 11 is 0. The van der Waals surface area contributed by atoms with Gasteiger partial charge in [0.05, 0.1) is 22.8 Å². The van der Waals surface area contributed by atoms with Crippen molar-refractivity contribution in [3.8, 4) is 0 Å². The molecule has 30 heavy (non-hydrogen) atoms. The summed E-state index contributed by atoms with van der Waals surface area (Å²) in [6.07, 6.45) is -0.330. The molecule has 154 valence electrons. The van der Waals surface area contributed by atoms with E-state index in [1.54, 1.807) is 12.1 Å². The van der Waals surface area contributed by atoms with Crippen molar-refractivity contribution < 1.29 is 14.0 Å². The van der Waals surface area contributed by atoms with Crippen LogP contribution in [0.1, 0.15) is 33.2 Å². The van der Waals surface area contributed by atoms with Crippen LogP contribution in [-0.2, 0) is 0 Å².